The van der Waals surface area contributed by atoms with E-state index in [1.807, 2.05) is 0 Å². The second-order valence-corrected chi connectivity index (χ2v) is 15.5. The van der Waals surface area contributed by atoms with Crippen LogP contribution < -0.4 is 0 Å². The Bertz CT molecular complexity index is 1560. The van der Waals surface area contributed by atoms with Gasteiger partial charge in [0.2, 0.25) is 5.79 Å². The van der Waals surface area contributed by atoms with Crippen molar-refractivity contribution in [1.82, 2.24) is 0 Å². The number of carbonyl (C=O) groups excluding carboxylic acids is 3. The largest absolute Gasteiger partial charge is 0.478 e. The molecule has 4 bridgehead atoms. The number of cyclic esters (lactones) is 1. The molecule has 0 aliphatic carbocycles. The summed E-state index contributed by atoms with van der Waals surface area (Å²) >= 11 is 0. The fourth-order valence-corrected chi connectivity index (χ4v) is 7.23. The number of carboxylic acids is 1. The first-order valence-corrected chi connectivity index (χ1v) is 20.0. The molecular formula is C42H60O15. The molecule has 15 heteroatoms. The second-order valence-electron chi connectivity index (χ2n) is 15.5. The minimum Gasteiger partial charge on any atom is -0.478 e. The van der Waals surface area contributed by atoms with Gasteiger partial charge in [0.05, 0.1) is 56.7 Å². The smallest absolute Gasteiger partial charge is 0.335 e. The Balaban J connectivity index is 1.71. The molecule has 0 amide bonds. The highest BCUT2D eigenvalue weighted by molar-refractivity contribution is 5.87. The van der Waals surface area contributed by atoms with Gasteiger partial charge in [-0.25, -0.2) is 9.59 Å². The molecule has 0 spiro atoms. The van der Waals surface area contributed by atoms with Crippen LogP contribution in [-0.4, -0.2) is 114 Å². The van der Waals surface area contributed by atoms with Crippen molar-refractivity contribution in [2.75, 3.05) is 26.9 Å². The van der Waals surface area contributed by atoms with Gasteiger partial charge in [0.1, 0.15) is 6.10 Å². The van der Waals surface area contributed by atoms with Crippen LogP contribution in [0.4, 0.5) is 0 Å². The molecule has 3 heterocycles. The summed E-state index contributed by atoms with van der Waals surface area (Å²) in [6, 6.07) is 6.35. The van der Waals surface area contributed by atoms with Crippen LogP contribution in [0.2, 0.25) is 0 Å². The molecule has 0 saturated carbocycles. The van der Waals surface area contributed by atoms with E-state index in [-0.39, 0.29) is 43.4 Å². The lowest BCUT2D eigenvalue weighted by molar-refractivity contribution is -0.327. The molecule has 318 valence electrons. The molecule has 0 aromatic heterocycles. The van der Waals surface area contributed by atoms with Gasteiger partial charge >= 0.3 is 23.9 Å². The molecule has 4 rings (SSSR count). The summed E-state index contributed by atoms with van der Waals surface area (Å²) in [7, 11) is 1.19. The van der Waals surface area contributed by atoms with Gasteiger partial charge in [0.15, 0.2) is 12.4 Å². The number of carbonyl (C=O) groups is 4. The van der Waals surface area contributed by atoms with Crippen molar-refractivity contribution in [2.24, 2.45) is 5.41 Å². The number of fused-ring (bicyclic) bond motifs is 4. The number of ether oxygens (including phenoxy) is 7. The number of unbranched alkanes of at least 4 members (excludes halogenated alkanes) is 4. The minimum atomic E-state index is -2.33. The summed E-state index contributed by atoms with van der Waals surface area (Å²) in [5.74, 6) is -5.57. The Morgan fingerprint density at radius 1 is 1.00 bits per heavy atom. The Morgan fingerprint density at radius 2 is 1.75 bits per heavy atom. The Hall–Kier alpha value is -3.70. The number of aliphatic hydroxyl groups is 3. The second kappa shape index (κ2) is 21.9. The average Bonchev–Trinajstić information content (AvgIpc) is 3.17. The predicted molar refractivity (Wildman–Crippen MR) is 203 cm³/mol. The first-order valence-electron chi connectivity index (χ1n) is 20.0. The third-order valence-electron chi connectivity index (χ3n) is 10.6. The number of aromatic carboxylic acids is 1. The fraction of sp³-hybridized carbons (Fsp3) is 0.667. The lowest BCUT2D eigenvalue weighted by Crippen LogP contribution is -2.62. The third kappa shape index (κ3) is 13.4. The molecule has 8 atom stereocenters. The van der Waals surface area contributed by atoms with Gasteiger partial charge < -0.3 is 53.6 Å². The van der Waals surface area contributed by atoms with Crippen LogP contribution in [0.15, 0.2) is 48.1 Å². The van der Waals surface area contributed by atoms with E-state index in [0.29, 0.717) is 31.4 Å². The summed E-state index contributed by atoms with van der Waals surface area (Å²) in [5.41, 5.74) is -0.523. The van der Waals surface area contributed by atoms with E-state index < -0.39 is 91.0 Å². The average molecular weight is 805 g/mol. The van der Waals surface area contributed by atoms with Gasteiger partial charge in [-0.1, -0.05) is 64.7 Å². The first kappa shape index (κ1) is 46.0. The topological polar surface area (TPSA) is 214 Å². The van der Waals surface area contributed by atoms with Crippen molar-refractivity contribution in [3.05, 3.63) is 59.2 Å². The van der Waals surface area contributed by atoms with Crippen LogP contribution in [0, 0.1) is 5.41 Å². The van der Waals surface area contributed by atoms with E-state index in [2.05, 4.69) is 6.92 Å². The number of benzene rings is 1. The van der Waals surface area contributed by atoms with E-state index in [0.717, 1.165) is 31.8 Å². The van der Waals surface area contributed by atoms with Crippen LogP contribution in [0.3, 0.4) is 0 Å². The van der Waals surface area contributed by atoms with Crippen LogP contribution >= 0.6 is 0 Å². The van der Waals surface area contributed by atoms with E-state index in [4.69, 9.17) is 33.2 Å². The number of methoxy groups -OCH3 is 1. The summed E-state index contributed by atoms with van der Waals surface area (Å²) in [4.78, 5) is 50.8. The lowest BCUT2D eigenvalue weighted by atomic mass is 9.74. The van der Waals surface area contributed by atoms with Gasteiger partial charge in [0.25, 0.3) is 0 Å². The molecular weight excluding hydrogens is 744 g/mol. The highest BCUT2D eigenvalue weighted by Crippen LogP contribution is 2.47. The lowest BCUT2D eigenvalue weighted by Gasteiger charge is -2.51. The third-order valence-corrected chi connectivity index (χ3v) is 10.6. The predicted octanol–water partition coefficient (Wildman–Crippen LogP) is 4.84. The van der Waals surface area contributed by atoms with Crippen molar-refractivity contribution in [1.29, 1.82) is 0 Å². The van der Waals surface area contributed by atoms with E-state index in [1.165, 1.54) is 19.2 Å². The number of hydrogen-bond acceptors (Lipinski definition) is 14. The van der Waals surface area contributed by atoms with Gasteiger partial charge in [-0.05, 0) is 55.0 Å². The summed E-state index contributed by atoms with van der Waals surface area (Å²) in [6.07, 6.45) is 2.42. The summed E-state index contributed by atoms with van der Waals surface area (Å²) in [6.45, 7) is 5.11. The Kier molecular flexibility index (Phi) is 17.7. The highest BCUT2D eigenvalue weighted by Gasteiger charge is 2.57. The molecule has 1 unspecified atom stereocenters. The quantitative estimate of drug-likeness (QED) is 0.0774. The maximum Gasteiger partial charge on any atom is 0.335 e. The molecule has 0 radical (unpaired) electrons. The molecule has 2 saturated heterocycles. The monoisotopic (exact) mass is 804 g/mol. The fourth-order valence-electron chi connectivity index (χ4n) is 7.23. The van der Waals surface area contributed by atoms with Crippen LogP contribution in [0.25, 0.3) is 0 Å². The Morgan fingerprint density at radius 3 is 2.47 bits per heavy atom. The van der Waals surface area contributed by atoms with Gasteiger partial charge in [-0.2, -0.15) is 0 Å². The normalized spacial score (nSPS) is 31.4. The molecule has 3 aliphatic rings. The van der Waals surface area contributed by atoms with Crippen molar-refractivity contribution < 1.29 is 72.8 Å². The molecule has 2 fully saturated rings. The number of rotatable bonds is 11. The molecule has 15 nitrogen and oxygen atoms in total. The van der Waals surface area contributed by atoms with E-state index in [1.54, 1.807) is 38.1 Å². The maximum absolute atomic E-state index is 13.3. The zero-order valence-corrected chi connectivity index (χ0v) is 33.5. The van der Waals surface area contributed by atoms with Crippen molar-refractivity contribution >= 4 is 23.9 Å². The first-order chi connectivity index (χ1) is 27.2. The molecule has 1 aromatic rings. The highest BCUT2D eigenvalue weighted by atomic mass is 16.7. The van der Waals surface area contributed by atoms with Gasteiger partial charge in [-0.15, -0.1) is 0 Å². The SMILES string of the molecule is CCCCCCCC(=O)O[C@H]1/C(=C/C(=O)OC)C[C@H]2CC(CO)OC(=O)C[C@H](O)CCO[C@H](c3cccc(C(=O)O)c3)C[C@@H]3CCO[C@H](/C=C/C(C)(C)[C@]1(O)O2)O3. The minimum absolute atomic E-state index is 0.0228. The van der Waals surface area contributed by atoms with Crippen molar-refractivity contribution in [2.45, 2.75) is 147 Å². The molecule has 3 aliphatic heterocycles. The van der Waals surface area contributed by atoms with Crippen LogP contribution in [0.5, 0.6) is 0 Å². The van der Waals surface area contributed by atoms with Crippen LogP contribution in [-0.2, 0) is 47.5 Å². The standard InChI is InChI=1S/C42H60O15/c1-5-6-7-8-9-13-35(45)56-39-29(22-36(46)51-4)21-32-24-33(26-43)54-37(47)23-30(44)15-18-52-34(27-11-10-12-28(20-27)40(48)49)25-31-16-19-53-38(55-31)14-17-41(2,3)42(39,50)57-32/h10-12,14,17,20,22,30-34,38-39,43-44,50H,5-9,13,15-16,18-19,21,23-26H2,1-4H3,(H,48,49)/b17-14+,29-22+/t30-,31+,32+,33?,34+,38+,39+,42-/m1/s1. The van der Waals surface area contributed by atoms with E-state index in [9.17, 15) is 39.6 Å². The Labute approximate surface area is 334 Å². The van der Waals surface area contributed by atoms with Gasteiger partial charge in [0, 0.05) is 37.4 Å². The number of carboxylic acid groups (broad SMARTS) is 1. The molecule has 4 N–H and O–H groups in total. The maximum atomic E-state index is 13.3. The van der Waals surface area contributed by atoms with Gasteiger partial charge in [-0.3, -0.25) is 9.59 Å². The zero-order chi connectivity index (χ0) is 41.6. The number of aliphatic hydroxyl groups excluding tert-OH is 2. The molecule has 1 aromatic carbocycles. The zero-order valence-electron chi connectivity index (χ0n) is 33.5. The summed E-state index contributed by atoms with van der Waals surface area (Å²) < 4.78 is 41.3. The summed E-state index contributed by atoms with van der Waals surface area (Å²) in [5, 5.41) is 43.4. The van der Waals surface area contributed by atoms with Crippen molar-refractivity contribution in [3.63, 3.8) is 0 Å². The van der Waals surface area contributed by atoms with Crippen LogP contribution in [0.1, 0.15) is 120 Å². The number of esters is 3. The van der Waals surface area contributed by atoms with Crippen molar-refractivity contribution in [3.8, 4) is 0 Å². The van der Waals surface area contributed by atoms with E-state index >= 15 is 0 Å². The molecule has 57 heavy (non-hydrogen) atoms. The number of hydrogen-bond donors (Lipinski definition) is 4.